The Hall–Kier alpha value is -3.18. The summed E-state index contributed by atoms with van der Waals surface area (Å²) in [4.78, 5) is 13.7. The average Bonchev–Trinajstić information content (AvgIpc) is 3.29. The number of furan rings is 1. The van der Waals surface area contributed by atoms with Crippen LogP contribution in [-0.4, -0.2) is 49.7 Å². The van der Waals surface area contributed by atoms with Crippen LogP contribution in [0.1, 0.15) is 16.1 Å². The van der Waals surface area contributed by atoms with Gasteiger partial charge in [-0.25, -0.2) is 12.8 Å². The van der Waals surface area contributed by atoms with E-state index in [1.807, 2.05) is 0 Å². The summed E-state index contributed by atoms with van der Waals surface area (Å²) >= 11 is 0. The second-order valence-electron chi connectivity index (χ2n) is 7.37. The molecular formula is C22H18F4N2O4S. The van der Waals surface area contributed by atoms with Crippen molar-refractivity contribution >= 4 is 15.9 Å². The summed E-state index contributed by atoms with van der Waals surface area (Å²) in [5.74, 6) is -1.34. The van der Waals surface area contributed by atoms with Gasteiger partial charge in [0.25, 0.3) is 5.91 Å². The highest BCUT2D eigenvalue weighted by Crippen LogP contribution is 2.33. The average molecular weight is 482 g/mol. The molecule has 0 spiro atoms. The first-order valence-electron chi connectivity index (χ1n) is 9.89. The van der Waals surface area contributed by atoms with Gasteiger partial charge in [0.05, 0.1) is 5.56 Å². The summed E-state index contributed by atoms with van der Waals surface area (Å²) < 4.78 is 84.8. The van der Waals surface area contributed by atoms with Crippen LogP contribution in [0.25, 0.3) is 11.3 Å². The van der Waals surface area contributed by atoms with Crippen LogP contribution in [0.4, 0.5) is 17.6 Å². The molecule has 0 aliphatic carbocycles. The Balaban J connectivity index is 1.45. The van der Waals surface area contributed by atoms with Crippen molar-refractivity contribution in [2.45, 2.75) is 11.1 Å². The van der Waals surface area contributed by atoms with Crippen molar-refractivity contribution < 1.29 is 35.2 Å². The fourth-order valence-electron chi connectivity index (χ4n) is 3.54. The van der Waals surface area contributed by atoms with Gasteiger partial charge in [0.15, 0.2) is 5.76 Å². The van der Waals surface area contributed by atoms with E-state index in [0.717, 1.165) is 22.5 Å². The third-order valence-corrected chi connectivity index (χ3v) is 7.20. The molecule has 1 aliphatic rings. The molecule has 174 valence electrons. The number of benzene rings is 2. The van der Waals surface area contributed by atoms with Crippen LogP contribution in [0.5, 0.6) is 0 Å². The number of sulfonamides is 1. The number of halogens is 4. The van der Waals surface area contributed by atoms with Gasteiger partial charge >= 0.3 is 6.18 Å². The van der Waals surface area contributed by atoms with Gasteiger partial charge in [0, 0.05) is 31.7 Å². The molecule has 0 saturated carbocycles. The highest BCUT2D eigenvalue weighted by molar-refractivity contribution is 7.89. The third kappa shape index (κ3) is 4.64. The van der Waals surface area contributed by atoms with E-state index in [4.69, 9.17) is 4.42 Å². The van der Waals surface area contributed by atoms with E-state index in [2.05, 4.69) is 0 Å². The molecule has 1 aromatic heterocycles. The van der Waals surface area contributed by atoms with Gasteiger partial charge in [-0.05, 0) is 36.4 Å². The molecule has 1 amide bonds. The Bertz CT molecular complexity index is 1280. The van der Waals surface area contributed by atoms with Crippen LogP contribution in [0, 0.1) is 5.82 Å². The topological polar surface area (TPSA) is 70.8 Å². The lowest BCUT2D eigenvalue weighted by Crippen LogP contribution is -2.50. The minimum atomic E-state index is -4.51. The Kier molecular flexibility index (Phi) is 6.02. The van der Waals surface area contributed by atoms with Crippen molar-refractivity contribution in [3.8, 4) is 11.3 Å². The number of amides is 1. The molecule has 6 nitrogen and oxygen atoms in total. The molecular weight excluding hydrogens is 464 g/mol. The van der Waals surface area contributed by atoms with Gasteiger partial charge in [-0.3, -0.25) is 4.79 Å². The van der Waals surface area contributed by atoms with E-state index >= 15 is 0 Å². The van der Waals surface area contributed by atoms with E-state index in [9.17, 15) is 30.8 Å². The molecule has 3 aromatic rings. The van der Waals surface area contributed by atoms with Gasteiger partial charge in [0.2, 0.25) is 10.0 Å². The second kappa shape index (κ2) is 8.64. The van der Waals surface area contributed by atoms with Crippen LogP contribution < -0.4 is 0 Å². The van der Waals surface area contributed by atoms with Crippen molar-refractivity contribution in [3.63, 3.8) is 0 Å². The molecule has 0 N–H and O–H groups in total. The minimum absolute atomic E-state index is 0.0381. The molecule has 11 heteroatoms. The quantitative estimate of drug-likeness (QED) is 0.522. The van der Waals surface area contributed by atoms with Gasteiger partial charge in [-0.1, -0.05) is 24.3 Å². The minimum Gasteiger partial charge on any atom is -0.451 e. The van der Waals surface area contributed by atoms with Crippen LogP contribution in [0.15, 0.2) is 70.0 Å². The zero-order chi connectivity index (χ0) is 23.8. The Morgan fingerprint density at radius 2 is 1.61 bits per heavy atom. The van der Waals surface area contributed by atoms with E-state index in [1.54, 1.807) is 0 Å². The lowest BCUT2D eigenvalue weighted by atomic mass is 10.1. The lowest BCUT2D eigenvalue weighted by molar-refractivity contribution is -0.137. The Morgan fingerprint density at radius 1 is 0.909 bits per heavy atom. The molecule has 2 aromatic carbocycles. The fourth-order valence-corrected chi connectivity index (χ4v) is 5.02. The van der Waals surface area contributed by atoms with E-state index in [-0.39, 0.29) is 43.3 Å². The summed E-state index contributed by atoms with van der Waals surface area (Å²) in [6.07, 6.45) is -4.51. The molecule has 1 fully saturated rings. The molecule has 33 heavy (non-hydrogen) atoms. The summed E-state index contributed by atoms with van der Waals surface area (Å²) in [6, 6.07) is 12.4. The van der Waals surface area contributed by atoms with Crippen molar-refractivity contribution in [2.75, 3.05) is 26.2 Å². The SMILES string of the molecule is O=C(c1ccc(-c2cccc(C(F)(F)F)c2)o1)N1CCN(S(=O)(=O)c2ccccc2F)CC1. The van der Waals surface area contributed by atoms with Crippen LogP contribution in [-0.2, 0) is 16.2 Å². The summed E-state index contributed by atoms with van der Waals surface area (Å²) in [5, 5.41) is 0. The highest BCUT2D eigenvalue weighted by Gasteiger charge is 2.33. The van der Waals surface area contributed by atoms with Crippen molar-refractivity contribution in [1.82, 2.24) is 9.21 Å². The first kappa shape index (κ1) is 23.0. The zero-order valence-electron chi connectivity index (χ0n) is 17.0. The molecule has 1 aliphatic heterocycles. The van der Waals surface area contributed by atoms with Crippen LogP contribution in [0.2, 0.25) is 0 Å². The highest BCUT2D eigenvalue weighted by atomic mass is 32.2. The van der Waals surface area contributed by atoms with Gasteiger partial charge < -0.3 is 9.32 Å². The third-order valence-electron chi connectivity index (χ3n) is 5.27. The number of carbonyl (C=O) groups excluding carboxylic acids is 1. The number of nitrogens with zero attached hydrogens (tertiary/aromatic N) is 2. The molecule has 1 saturated heterocycles. The van der Waals surface area contributed by atoms with Gasteiger partial charge in [0.1, 0.15) is 16.5 Å². The maximum absolute atomic E-state index is 14.0. The van der Waals surface area contributed by atoms with E-state index in [0.29, 0.717) is 0 Å². The predicted octanol–water partition coefficient (Wildman–Crippen LogP) is 4.25. The number of piperazine rings is 1. The lowest BCUT2D eigenvalue weighted by Gasteiger charge is -2.33. The van der Waals surface area contributed by atoms with Crippen molar-refractivity contribution in [2.24, 2.45) is 0 Å². The second-order valence-corrected chi connectivity index (χ2v) is 9.28. The predicted molar refractivity (Wildman–Crippen MR) is 110 cm³/mol. The molecule has 0 radical (unpaired) electrons. The maximum atomic E-state index is 14.0. The van der Waals surface area contributed by atoms with Crippen molar-refractivity contribution in [1.29, 1.82) is 0 Å². The smallest absolute Gasteiger partial charge is 0.416 e. The number of carbonyl (C=O) groups is 1. The molecule has 0 unspecified atom stereocenters. The number of hydrogen-bond donors (Lipinski definition) is 0. The largest absolute Gasteiger partial charge is 0.451 e. The van der Waals surface area contributed by atoms with Crippen LogP contribution in [0.3, 0.4) is 0 Å². The van der Waals surface area contributed by atoms with Crippen molar-refractivity contribution in [3.05, 3.63) is 77.8 Å². The summed E-state index contributed by atoms with van der Waals surface area (Å²) in [7, 11) is -4.05. The number of alkyl halides is 3. The molecule has 0 bridgehead atoms. The van der Waals surface area contributed by atoms with E-state index < -0.39 is 38.4 Å². The summed E-state index contributed by atoms with van der Waals surface area (Å²) in [6.45, 7) is 0.0193. The monoisotopic (exact) mass is 482 g/mol. The summed E-state index contributed by atoms with van der Waals surface area (Å²) in [5.41, 5.74) is -0.666. The number of hydrogen-bond acceptors (Lipinski definition) is 4. The van der Waals surface area contributed by atoms with Crippen LogP contribution >= 0.6 is 0 Å². The first-order valence-corrected chi connectivity index (χ1v) is 11.3. The maximum Gasteiger partial charge on any atom is 0.416 e. The fraction of sp³-hybridized carbons (Fsp3) is 0.227. The molecule has 4 rings (SSSR count). The van der Waals surface area contributed by atoms with Gasteiger partial charge in [-0.15, -0.1) is 0 Å². The standard InChI is InChI=1S/C22H18F4N2O4S/c23-17-6-1-2-7-20(17)33(30,31)28-12-10-27(11-13-28)21(29)19-9-8-18(32-19)15-4-3-5-16(14-15)22(24,25)26/h1-9,14H,10-13H2. The molecule has 2 heterocycles. The Morgan fingerprint density at radius 3 is 2.27 bits per heavy atom. The zero-order valence-corrected chi connectivity index (χ0v) is 17.9. The van der Waals surface area contributed by atoms with E-state index in [1.165, 1.54) is 47.4 Å². The number of rotatable bonds is 4. The van der Waals surface area contributed by atoms with Gasteiger partial charge in [-0.2, -0.15) is 17.5 Å². The first-order chi connectivity index (χ1) is 15.6. The Labute approximate surface area is 187 Å². The normalized spacial score (nSPS) is 15.6. The molecule has 0 atom stereocenters.